The second-order valence-corrected chi connectivity index (χ2v) is 9.39. The van der Waals surface area contributed by atoms with E-state index >= 15 is 0 Å². The standard InChI is InChI=1S/C27H32N2O6/c1-18(16-24(30)31)10-13-28-25(32)27(11-14-34-15-12-27)29-26(33)35-17-23-21-8-4-2-6-19(21)20-7-3-5-9-22(20)23/h2-9,18,23H,10-17H2,1H3,(H,28,32)(H,29,33)(H,30,31). The van der Waals surface area contributed by atoms with E-state index in [1.807, 2.05) is 31.2 Å². The van der Waals surface area contributed by atoms with E-state index in [9.17, 15) is 14.4 Å². The number of carboxylic acid groups (broad SMARTS) is 1. The van der Waals surface area contributed by atoms with Gasteiger partial charge in [0.15, 0.2) is 0 Å². The van der Waals surface area contributed by atoms with Gasteiger partial charge in [-0.2, -0.15) is 0 Å². The summed E-state index contributed by atoms with van der Waals surface area (Å²) >= 11 is 0. The van der Waals surface area contributed by atoms with Crippen molar-refractivity contribution in [3.05, 3.63) is 59.7 Å². The van der Waals surface area contributed by atoms with E-state index in [4.69, 9.17) is 14.6 Å². The third kappa shape index (κ3) is 5.65. The average molecular weight is 481 g/mol. The molecule has 3 N–H and O–H groups in total. The Morgan fingerprint density at radius 3 is 2.26 bits per heavy atom. The van der Waals surface area contributed by atoms with Crippen molar-refractivity contribution in [2.75, 3.05) is 26.4 Å². The molecule has 1 heterocycles. The summed E-state index contributed by atoms with van der Waals surface area (Å²) < 4.78 is 11.1. The number of hydrogen-bond acceptors (Lipinski definition) is 5. The quantitative estimate of drug-likeness (QED) is 0.504. The molecule has 1 aliphatic heterocycles. The van der Waals surface area contributed by atoms with Gasteiger partial charge in [-0.15, -0.1) is 0 Å². The maximum Gasteiger partial charge on any atom is 0.408 e. The predicted octanol–water partition coefficient (Wildman–Crippen LogP) is 3.69. The van der Waals surface area contributed by atoms with Crippen molar-refractivity contribution in [3.63, 3.8) is 0 Å². The number of carbonyl (C=O) groups is 3. The third-order valence-corrected chi connectivity index (χ3v) is 6.91. The average Bonchev–Trinajstić information content (AvgIpc) is 3.16. The molecule has 0 spiro atoms. The normalized spacial score (nSPS) is 17.1. The number of fused-ring (bicyclic) bond motifs is 3. The van der Waals surface area contributed by atoms with Gasteiger partial charge >= 0.3 is 12.1 Å². The van der Waals surface area contributed by atoms with Crippen LogP contribution in [-0.2, 0) is 19.1 Å². The van der Waals surface area contributed by atoms with E-state index in [0.717, 1.165) is 22.3 Å². The predicted molar refractivity (Wildman–Crippen MR) is 130 cm³/mol. The van der Waals surface area contributed by atoms with Gasteiger partial charge in [-0.05, 0) is 34.6 Å². The molecule has 0 saturated carbocycles. The fourth-order valence-corrected chi connectivity index (χ4v) is 4.96. The summed E-state index contributed by atoms with van der Waals surface area (Å²) in [6.07, 6.45) is 0.632. The minimum atomic E-state index is -1.11. The Labute approximate surface area is 205 Å². The highest BCUT2D eigenvalue weighted by Gasteiger charge is 2.42. The number of hydrogen-bond donors (Lipinski definition) is 3. The van der Waals surface area contributed by atoms with Crippen LogP contribution in [0, 0.1) is 5.92 Å². The Morgan fingerprint density at radius 1 is 1.06 bits per heavy atom. The number of carboxylic acids is 1. The molecule has 1 saturated heterocycles. The third-order valence-electron chi connectivity index (χ3n) is 6.91. The zero-order valence-electron chi connectivity index (χ0n) is 19.9. The van der Waals surface area contributed by atoms with Gasteiger partial charge in [0, 0.05) is 44.9 Å². The summed E-state index contributed by atoms with van der Waals surface area (Å²) in [7, 11) is 0. The first-order valence-electron chi connectivity index (χ1n) is 12.1. The lowest BCUT2D eigenvalue weighted by atomic mass is 9.89. The molecule has 2 aliphatic rings. The summed E-state index contributed by atoms with van der Waals surface area (Å²) in [5, 5.41) is 14.6. The molecule has 0 bridgehead atoms. The Kier molecular flexibility index (Phi) is 7.70. The van der Waals surface area contributed by atoms with Crippen LogP contribution in [0.25, 0.3) is 11.1 Å². The van der Waals surface area contributed by atoms with Gasteiger partial charge in [-0.25, -0.2) is 4.79 Å². The number of carbonyl (C=O) groups excluding carboxylic acids is 2. The highest BCUT2D eigenvalue weighted by Crippen LogP contribution is 2.44. The number of rotatable bonds is 9. The van der Waals surface area contributed by atoms with E-state index < -0.39 is 17.6 Å². The highest BCUT2D eigenvalue weighted by molar-refractivity contribution is 5.90. The Morgan fingerprint density at radius 2 is 1.66 bits per heavy atom. The lowest BCUT2D eigenvalue weighted by molar-refractivity contribution is -0.138. The highest BCUT2D eigenvalue weighted by atomic mass is 16.5. The first-order chi connectivity index (χ1) is 16.9. The molecular weight excluding hydrogens is 448 g/mol. The van der Waals surface area contributed by atoms with Gasteiger partial charge < -0.3 is 25.2 Å². The first kappa shape index (κ1) is 24.7. The molecule has 2 aromatic carbocycles. The summed E-state index contributed by atoms with van der Waals surface area (Å²) in [5.74, 6) is -1.28. The topological polar surface area (TPSA) is 114 Å². The van der Waals surface area contributed by atoms with Crippen molar-refractivity contribution in [2.24, 2.45) is 5.92 Å². The molecule has 35 heavy (non-hydrogen) atoms. The molecule has 1 atom stereocenters. The van der Waals surface area contributed by atoms with Gasteiger partial charge in [0.05, 0.1) is 0 Å². The van der Waals surface area contributed by atoms with Crippen LogP contribution in [0.5, 0.6) is 0 Å². The van der Waals surface area contributed by atoms with Crippen LogP contribution in [0.3, 0.4) is 0 Å². The van der Waals surface area contributed by atoms with Crippen LogP contribution < -0.4 is 10.6 Å². The number of amides is 2. The van der Waals surface area contributed by atoms with Gasteiger partial charge in [-0.1, -0.05) is 55.5 Å². The lowest BCUT2D eigenvalue weighted by Crippen LogP contribution is -2.61. The van der Waals surface area contributed by atoms with E-state index in [1.165, 1.54) is 0 Å². The molecule has 4 rings (SSSR count). The van der Waals surface area contributed by atoms with Crippen LogP contribution in [0.4, 0.5) is 4.79 Å². The van der Waals surface area contributed by atoms with Crippen molar-refractivity contribution in [3.8, 4) is 11.1 Å². The fraction of sp³-hybridized carbons (Fsp3) is 0.444. The summed E-state index contributed by atoms with van der Waals surface area (Å²) in [6.45, 7) is 3.04. The first-order valence-corrected chi connectivity index (χ1v) is 12.1. The van der Waals surface area contributed by atoms with Crippen molar-refractivity contribution >= 4 is 18.0 Å². The van der Waals surface area contributed by atoms with E-state index in [0.29, 0.717) is 39.0 Å². The van der Waals surface area contributed by atoms with Gasteiger partial charge in [0.2, 0.25) is 5.91 Å². The summed E-state index contributed by atoms with van der Waals surface area (Å²) in [5.41, 5.74) is 3.42. The summed E-state index contributed by atoms with van der Waals surface area (Å²) in [4.78, 5) is 36.8. The Balaban J connectivity index is 1.38. The lowest BCUT2D eigenvalue weighted by Gasteiger charge is -2.36. The minimum Gasteiger partial charge on any atom is -0.481 e. The second-order valence-electron chi connectivity index (χ2n) is 9.39. The molecule has 8 heteroatoms. The van der Waals surface area contributed by atoms with Crippen LogP contribution in [0.15, 0.2) is 48.5 Å². The number of ether oxygens (including phenoxy) is 2. The zero-order chi connectivity index (χ0) is 24.8. The van der Waals surface area contributed by atoms with Crippen molar-refractivity contribution < 1.29 is 29.0 Å². The van der Waals surface area contributed by atoms with E-state index in [1.54, 1.807) is 0 Å². The molecule has 8 nitrogen and oxygen atoms in total. The van der Waals surface area contributed by atoms with Crippen LogP contribution in [0.1, 0.15) is 49.7 Å². The molecule has 0 aromatic heterocycles. The number of aliphatic carboxylic acids is 1. The number of benzene rings is 2. The molecule has 1 fully saturated rings. The van der Waals surface area contributed by atoms with E-state index in [-0.39, 0.29) is 30.8 Å². The number of alkyl carbamates (subject to hydrolysis) is 1. The van der Waals surface area contributed by atoms with Crippen LogP contribution in [0.2, 0.25) is 0 Å². The molecule has 1 aliphatic carbocycles. The fourth-order valence-electron chi connectivity index (χ4n) is 4.96. The van der Waals surface area contributed by atoms with Crippen molar-refractivity contribution in [2.45, 2.75) is 44.1 Å². The molecule has 2 amide bonds. The Bertz CT molecular complexity index is 1030. The van der Waals surface area contributed by atoms with Crippen LogP contribution >= 0.6 is 0 Å². The maximum absolute atomic E-state index is 13.1. The van der Waals surface area contributed by atoms with Crippen LogP contribution in [-0.4, -0.2) is 55.0 Å². The van der Waals surface area contributed by atoms with Gasteiger partial charge in [-0.3, -0.25) is 9.59 Å². The number of nitrogens with one attached hydrogen (secondary N) is 2. The minimum absolute atomic E-state index is 0.0485. The monoisotopic (exact) mass is 480 g/mol. The van der Waals surface area contributed by atoms with Gasteiger partial charge in [0.25, 0.3) is 0 Å². The smallest absolute Gasteiger partial charge is 0.408 e. The molecule has 186 valence electrons. The van der Waals surface area contributed by atoms with E-state index in [2.05, 4.69) is 34.9 Å². The molecular formula is C27H32N2O6. The largest absolute Gasteiger partial charge is 0.481 e. The molecule has 2 aromatic rings. The molecule has 1 unspecified atom stereocenters. The summed E-state index contributed by atoms with van der Waals surface area (Å²) in [6, 6.07) is 16.2. The van der Waals surface area contributed by atoms with Crippen molar-refractivity contribution in [1.29, 1.82) is 0 Å². The Hall–Kier alpha value is -3.39. The zero-order valence-corrected chi connectivity index (χ0v) is 19.9. The SMILES string of the molecule is CC(CCNC(=O)C1(NC(=O)OCC2c3ccccc3-c3ccccc32)CCOCC1)CC(=O)O. The van der Waals surface area contributed by atoms with Crippen molar-refractivity contribution in [1.82, 2.24) is 10.6 Å². The molecule has 0 radical (unpaired) electrons. The van der Waals surface area contributed by atoms with Gasteiger partial charge in [0.1, 0.15) is 12.1 Å². The maximum atomic E-state index is 13.1. The second kappa shape index (κ2) is 10.9.